The molecule has 0 unspecified atom stereocenters. The van der Waals surface area contributed by atoms with Gasteiger partial charge in [-0.15, -0.1) is 0 Å². The van der Waals surface area contributed by atoms with Crippen molar-refractivity contribution >= 4 is 0 Å². The van der Waals surface area contributed by atoms with Crippen LogP contribution < -0.4 is 4.57 Å². The average Bonchev–Trinajstić information content (AvgIpc) is 2.95. The van der Waals surface area contributed by atoms with Crippen molar-refractivity contribution in [1.29, 1.82) is 0 Å². The van der Waals surface area contributed by atoms with Gasteiger partial charge in [0.2, 0.25) is 0 Å². The van der Waals surface area contributed by atoms with E-state index in [2.05, 4.69) is 93.4 Å². The lowest BCUT2D eigenvalue weighted by Crippen LogP contribution is -2.29. The van der Waals surface area contributed by atoms with Crippen LogP contribution in [-0.4, -0.2) is 9.78 Å². The molecule has 3 aromatic rings. The molecule has 0 aliphatic carbocycles. The molecule has 2 aromatic carbocycles. The first-order valence-corrected chi connectivity index (χ1v) is 9.04. The Hall–Kier alpha value is -2.42. The fraction of sp³-hybridized carbons (Fsp3) is 0.364. The fourth-order valence-electron chi connectivity index (χ4n) is 3.44. The van der Waals surface area contributed by atoms with Crippen LogP contribution in [0.5, 0.6) is 0 Å². The van der Waals surface area contributed by atoms with E-state index >= 15 is 0 Å². The van der Waals surface area contributed by atoms with E-state index in [0.717, 1.165) is 5.82 Å². The van der Waals surface area contributed by atoms with Crippen molar-refractivity contribution in [2.75, 3.05) is 0 Å². The molecule has 0 radical (unpaired) electrons. The number of para-hydroxylation sites is 1. The van der Waals surface area contributed by atoms with Crippen molar-refractivity contribution in [1.82, 2.24) is 9.78 Å². The maximum Gasteiger partial charge on any atom is 0.273 e. The Kier molecular flexibility index (Phi) is 4.76. The minimum atomic E-state index is 0.438. The van der Waals surface area contributed by atoms with Gasteiger partial charge in [-0.1, -0.05) is 68.8 Å². The predicted molar refractivity (Wildman–Crippen MR) is 103 cm³/mol. The summed E-state index contributed by atoms with van der Waals surface area (Å²) < 4.78 is 4.25. The van der Waals surface area contributed by atoms with Crippen molar-refractivity contribution in [3.05, 3.63) is 65.5 Å². The van der Waals surface area contributed by atoms with Gasteiger partial charge >= 0.3 is 0 Å². The van der Waals surface area contributed by atoms with E-state index in [4.69, 9.17) is 5.10 Å². The minimum Gasteiger partial charge on any atom is -0.233 e. The highest BCUT2D eigenvalue weighted by molar-refractivity contribution is 5.62. The normalized spacial score (nSPS) is 11.5. The quantitative estimate of drug-likeness (QED) is 0.621. The summed E-state index contributed by atoms with van der Waals surface area (Å²) in [4.78, 5) is 0. The maximum atomic E-state index is 4.77. The zero-order valence-electron chi connectivity index (χ0n) is 16.1. The van der Waals surface area contributed by atoms with E-state index in [0.29, 0.717) is 11.8 Å². The summed E-state index contributed by atoms with van der Waals surface area (Å²) in [5.41, 5.74) is 6.38. The van der Waals surface area contributed by atoms with E-state index in [1.165, 1.54) is 27.9 Å². The van der Waals surface area contributed by atoms with Crippen LogP contribution in [0.1, 0.15) is 56.2 Å². The van der Waals surface area contributed by atoms with E-state index in [1.807, 2.05) is 6.33 Å². The highest BCUT2D eigenvalue weighted by atomic mass is 15.4. The van der Waals surface area contributed by atoms with Crippen LogP contribution in [0, 0.1) is 6.92 Å². The van der Waals surface area contributed by atoms with Gasteiger partial charge < -0.3 is 0 Å². The van der Waals surface area contributed by atoms with Gasteiger partial charge in [0.15, 0.2) is 0 Å². The molecule has 130 valence electrons. The summed E-state index contributed by atoms with van der Waals surface area (Å²) in [5, 5.41) is 4.77. The molecule has 0 spiro atoms. The molecule has 0 N–H and O–H groups in total. The Bertz CT molecular complexity index is 862. The highest BCUT2D eigenvalue weighted by Crippen LogP contribution is 2.33. The first-order chi connectivity index (χ1) is 11.9. The smallest absolute Gasteiger partial charge is 0.233 e. The topological polar surface area (TPSA) is 21.7 Å². The van der Waals surface area contributed by atoms with Crippen LogP contribution in [-0.2, 0) is 7.05 Å². The van der Waals surface area contributed by atoms with Crippen molar-refractivity contribution in [3.8, 4) is 17.1 Å². The summed E-state index contributed by atoms with van der Waals surface area (Å²) >= 11 is 0. The molecular weight excluding hydrogens is 306 g/mol. The molecule has 0 fully saturated rings. The molecule has 0 saturated carbocycles. The van der Waals surface area contributed by atoms with E-state index in [9.17, 15) is 0 Å². The number of hydrogen-bond donors (Lipinski definition) is 0. The molecule has 0 atom stereocenters. The molecule has 1 aromatic heterocycles. The summed E-state index contributed by atoms with van der Waals surface area (Å²) in [5.74, 6) is 1.99. The molecule has 25 heavy (non-hydrogen) atoms. The van der Waals surface area contributed by atoms with E-state index in [1.54, 1.807) is 0 Å². The van der Waals surface area contributed by atoms with Gasteiger partial charge in [-0.3, -0.25) is 0 Å². The number of aryl methyl sites for hydroxylation is 2. The maximum absolute atomic E-state index is 4.77. The number of hydrogen-bond acceptors (Lipinski definition) is 1. The summed E-state index contributed by atoms with van der Waals surface area (Å²) in [7, 11) is 2.07. The van der Waals surface area contributed by atoms with E-state index < -0.39 is 0 Å². The van der Waals surface area contributed by atoms with Crippen molar-refractivity contribution in [3.63, 3.8) is 0 Å². The first-order valence-electron chi connectivity index (χ1n) is 9.04. The van der Waals surface area contributed by atoms with Gasteiger partial charge in [0.05, 0.1) is 12.6 Å². The van der Waals surface area contributed by atoms with Crippen LogP contribution in [0.25, 0.3) is 17.1 Å². The SMILES string of the molecule is Cc1ccccc1-c1n(-c2c(C(C)C)cccc2C(C)C)nc[n+]1C. The molecule has 1 heterocycles. The van der Waals surface area contributed by atoms with Gasteiger partial charge in [-0.25, -0.2) is 4.57 Å². The van der Waals surface area contributed by atoms with E-state index in [-0.39, 0.29) is 0 Å². The second-order valence-electron chi connectivity index (χ2n) is 7.39. The Balaban J connectivity index is 2.35. The Morgan fingerprint density at radius 1 is 0.880 bits per heavy atom. The molecule has 0 amide bonds. The van der Waals surface area contributed by atoms with Crippen LogP contribution in [0.4, 0.5) is 0 Å². The summed E-state index contributed by atoms with van der Waals surface area (Å²) in [6.07, 6.45) is 1.91. The third kappa shape index (κ3) is 3.11. The molecule has 3 rings (SSSR count). The molecule has 0 saturated heterocycles. The summed E-state index contributed by atoms with van der Waals surface area (Å²) in [6, 6.07) is 15.1. The molecule has 3 nitrogen and oxygen atoms in total. The third-order valence-electron chi connectivity index (χ3n) is 4.82. The second-order valence-corrected chi connectivity index (χ2v) is 7.39. The van der Waals surface area contributed by atoms with Gasteiger partial charge in [-0.2, -0.15) is 0 Å². The molecule has 0 aliphatic rings. The van der Waals surface area contributed by atoms with Crippen LogP contribution in [0.2, 0.25) is 0 Å². The van der Waals surface area contributed by atoms with Crippen LogP contribution >= 0.6 is 0 Å². The zero-order chi connectivity index (χ0) is 18.1. The zero-order valence-corrected chi connectivity index (χ0v) is 16.1. The lowest BCUT2D eigenvalue weighted by Gasteiger charge is -2.17. The van der Waals surface area contributed by atoms with Gasteiger partial charge in [0.1, 0.15) is 5.69 Å². The van der Waals surface area contributed by atoms with Crippen molar-refractivity contribution in [2.45, 2.75) is 46.5 Å². The van der Waals surface area contributed by atoms with Gasteiger partial charge in [0.25, 0.3) is 12.2 Å². The molecule has 3 heteroatoms. The molecule has 0 bridgehead atoms. The van der Waals surface area contributed by atoms with Gasteiger partial charge in [0, 0.05) is 5.10 Å². The third-order valence-corrected chi connectivity index (χ3v) is 4.82. The Morgan fingerprint density at radius 2 is 1.48 bits per heavy atom. The van der Waals surface area contributed by atoms with Crippen molar-refractivity contribution in [2.24, 2.45) is 7.05 Å². The van der Waals surface area contributed by atoms with Crippen LogP contribution in [0.3, 0.4) is 0 Å². The largest absolute Gasteiger partial charge is 0.273 e. The number of nitrogens with zero attached hydrogens (tertiary/aromatic N) is 3. The fourth-order valence-corrected chi connectivity index (χ4v) is 3.44. The summed E-state index contributed by atoms with van der Waals surface area (Å²) in [6.45, 7) is 11.2. The first kappa shape index (κ1) is 17.4. The lowest BCUT2D eigenvalue weighted by molar-refractivity contribution is -0.660. The molecule has 0 aliphatic heterocycles. The second kappa shape index (κ2) is 6.83. The Morgan fingerprint density at radius 3 is 2.04 bits per heavy atom. The van der Waals surface area contributed by atoms with Crippen molar-refractivity contribution < 1.29 is 4.57 Å². The predicted octanol–water partition coefficient (Wildman–Crippen LogP) is 4.92. The number of benzene rings is 2. The Labute approximate surface area is 151 Å². The standard InChI is InChI=1S/C22H28N3/c1-15(2)18-12-9-13-19(16(3)4)21(18)25-22(24(6)14-23-25)20-11-8-7-10-17(20)5/h7-16H,1-6H3/q+1. The number of rotatable bonds is 4. The lowest BCUT2D eigenvalue weighted by atomic mass is 9.92. The van der Waals surface area contributed by atoms with Crippen LogP contribution in [0.15, 0.2) is 48.8 Å². The molecular formula is C22H28N3+. The highest BCUT2D eigenvalue weighted by Gasteiger charge is 2.27. The average molecular weight is 334 g/mol. The minimum absolute atomic E-state index is 0.438. The monoisotopic (exact) mass is 334 g/mol. The van der Waals surface area contributed by atoms with Gasteiger partial charge in [-0.05, 0) is 41.5 Å². The number of aromatic nitrogens is 3.